The summed E-state index contributed by atoms with van der Waals surface area (Å²) in [6.45, 7) is 0. The molecule has 0 bridgehead atoms. The van der Waals surface area contributed by atoms with E-state index in [1.54, 1.807) is 6.07 Å². The van der Waals surface area contributed by atoms with Crippen LogP contribution in [0.1, 0.15) is 24.0 Å². The Labute approximate surface area is 96.4 Å². The van der Waals surface area contributed by atoms with Crippen molar-refractivity contribution in [3.63, 3.8) is 0 Å². The first kappa shape index (κ1) is 12.0. The van der Waals surface area contributed by atoms with Gasteiger partial charge in [-0.05, 0) is 42.9 Å². The third kappa shape index (κ3) is 2.60. The molecular formula is C12H11F3O2. The quantitative estimate of drug-likeness (QED) is 0.560. The average Bonchev–Trinajstić information content (AvgIpc) is 2.28. The SMILES string of the molecule is O=C(Oc1cccc2c1CCCC2)C(F)(F)F. The first-order chi connectivity index (χ1) is 7.98. The summed E-state index contributed by atoms with van der Waals surface area (Å²) in [5.74, 6) is -2.11. The summed E-state index contributed by atoms with van der Waals surface area (Å²) >= 11 is 0. The minimum absolute atomic E-state index is 0.0459. The maximum atomic E-state index is 12.1. The van der Waals surface area contributed by atoms with Gasteiger partial charge in [0.2, 0.25) is 0 Å². The highest BCUT2D eigenvalue weighted by atomic mass is 19.4. The van der Waals surface area contributed by atoms with Gasteiger partial charge < -0.3 is 4.74 Å². The zero-order valence-electron chi connectivity index (χ0n) is 9.01. The molecule has 17 heavy (non-hydrogen) atoms. The van der Waals surface area contributed by atoms with Crippen LogP contribution >= 0.6 is 0 Å². The molecule has 1 aromatic rings. The summed E-state index contributed by atoms with van der Waals surface area (Å²) in [4.78, 5) is 10.8. The number of hydrogen-bond acceptors (Lipinski definition) is 2. The summed E-state index contributed by atoms with van der Waals surface area (Å²) in [5, 5.41) is 0. The van der Waals surface area contributed by atoms with Crippen LogP contribution in [0.4, 0.5) is 13.2 Å². The molecule has 0 heterocycles. The summed E-state index contributed by atoms with van der Waals surface area (Å²) < 4.78 is 40.7. The van der Waals surface area contributed by atoms with Gasteiger partial charge in [0.15, 0.2) is 0 Å². The van der Waals surface area contributed by atoms with E-state index >= 15 is 0 Å². The maximum Gasteiger partial charge on any atom is 0.491 e. The van der Waals surface area contributed by atoms with Crippen molar-refractivity contribution in [3.05, 3.63) is 29.3 Å². The molecule has 2 rings (SSSR count). The van der Waals surface area contributed by atoms with Crippen LogP contribution in [-0.4, -0.2) is 12.1 Å². The molecule has 0 aromatic heterocycles. The Bertz CT molecular complexity index is 438. The lowest BCUT2D eigenvalue weighted by molar-refractivity contribution is -0.189. The van der Waals surface area contributed by atoms with E-state index in [0.717, 1.165) is 30.4 Å². The van der Waals surface area contributed by atoms with E-state index in [1.807, 2.05) is 6.07 Å². The van der Waals surface area contributed by atoms with Crippen molar-refractivity contribution in [2.24, 2.45) is 0 Å². The third-order valence-corrected chi connectivity index (χ3v) is 2.79. The van der Waals surface area contributed by atoms with Crippen LogP contribution in [0.15, 0.2) is 18.2 Å². The number of carbonyl (C=O) groups excluding carboxylic acids is 1. The number of esters is 1. The second-order valence-electron chi connectivity index (χ2n) is 3.99. The number of alkyl halides is 3. The zero-order valence-corrected chi connectivity index (χ0v) is 9.01. The van der Waals surface area contributed by atoms with Crippen LogP contribution in [0.5, 0.6) is 5.75 Å². The highest BCUT2D eigenvalue weighted by Crippen LogP contribution is 2.30. The molecule has 0 saturated heterocycles. The Kier molecular flexibility index (Phi) is 3.09. The Morgan fingerprint density at radius 2 is 1.88 bits per heavy atom. The number of benzene rings is 1. The number of carbonyl (C=O) groups is 1. The summed E-state index contributed by atoms with van der Waals surface area (Å²) in [7, 11) is 0. The highest BCUT2D eigenvalue weighted by Gasteiger charge is 2.41. The van der Waals surface area contributed by atoms with Gasteiger partial charge in [0, 0.05) is 0 Å². The number of fused-ring (bicyclic) bond motifs is 1. The Morgan fingerprint density at radius 1 is 1.18 bits per heavy atom. The molecule has 0 N–H and O–H groups in total. The van der Waals surface area contributed by atoms with Crippen molar-refractivity contribution in [3.8, 4) is 5.75 Å². The molecule has 0 amide bonds. The molecule has 0 aliphatic heterocycles. The molecule has 1 aliphatic carbocycles. The van der Waals surface area contributed by atoms with Gasteiger partial charge in [0.1, 0.15) is 5.75 Å². The fourth-order valence-electron chi connectivity index (χ4n) is 2.00. The summed E-state index contributed by atoms with van der Waals surface area (Å²) in [6.07, 6.45) is -1.53. The van der Waals surface area contributed by atoms with Gasteiger partial charge in [0.05, 0.1) is 0 Å². The number of rotatable bonds is 1. The topological polar surface area (TPSA) is 26.3 Å². The normalized spacial score (nSPS) is 15.2. The predicted molar refractivity (Wildman–Crippen MR) is 54.8 cm³/mol. The number of hydrogen-bond donors (Lipinski definition) is 0. The van der Waals surface area contributed by atoms with Crippen molar-refractivity contribution < 1.29 is 22.7 Å². The predicted octanol–water partition coefficient (Wildman–Crippen LogP) is 3.03. The maximum absolute atomic E-state index is 12.1. The van der Waals surface area contributed by atoms with E-state index in [4.69, 9.17) is 0 Å². The molecule has 0 saturated carbocycles. The molecular weight excluding hydrogens is 233 g/mol. The van der Waals surface area contributed by atoms with Gasteiger partial charge in [0.25, 0.3) is 0 Å². The Hall–Kier alpha value is -1.52. The average molecular weight is 244 g/mol. The minimum Gasteiger partial charge on any atom is -0.420 e. The second kappa shape index (κ2) is 4.39. The van der Waals surface area contributed by atoms with E-state index < -0.39 is 12.1 Å². The van der Waals surface area contributed by atoms with Crippen molar-refractivity contribution >= 4 is 5.97 Å². The third-order valence-electron chi connectivity index (χ3n) is 2.79. The van der Waals surface area contributed by atoms with Crippen LogP contribution in [0.2, 0.25) is 0 Å². The molecule has 0 spiro atoms. The zero-order chi connectivity index (χ0) is 12.5. The van der Waals surface area contributed by atoms with Gasteiger partial charge in [-0.1, -0.05) is 12.1 Å². The van der Waals surface area contributed by atoms with E-state index in [0.29, 0.717) is 6.42 Å². The lowest BCUT2D eigenvalue weighted by Gasteiger charge is -2.18. The van der Waals surface area contributed by atoms with E-state index in [2.05, 4.69) is 4.74 Å². The molecule has 1 aliphatic rings. The lowest BCUT2D eigenvalue weighted by Crippen LogP contribution is -2.28. The standard InChI is InChI=1S/C12H11F3O2/c13-12(14,15)11(16)17-10-7-3-5-8-4-1-2-6-9(8)10/h3,5,7H,1-2,4,6H2. The molecule has 0 unspecified atom stereocenters. The Balaban J connectivity index is 2.25. The van der Waals surface area contributed by atoms with E-state index in [1.165, 1.54) is 6.07 Å². The van der Waals surface area contributed by atoms with Gasteiger partial charge in [-0.3, -0.25) is 0 Å². The van der Waals surface area contributed by atoms with Crippen molar-refractivity contribution in [1.82, 2.24) is 0 Å². The number of ether oxygens (including phenoxy) is 1. The number of aryl methyl sites for hydroxylation is 1. The molecule has 0 fully saturated rings. The molecule has 1 aromatic carbocycles. The molecule has 0 atom stereocenters. The van der Waals surface area contributed by atoms with Gasteiger partial charge in [-0.15, -0.1) is 0 Å². The monoisotopic (exact) mass is 244 g/mol. The van der Waals surface area contributed by atoms with E-state index in [9.17, 15) is 18.0 Å². The first-order valence-electron chi connectivity index (χ1n) is 5.38. The van der Waals surface area contributed by atoms with Crippen molar-refractivity contribution in [2.75, 3.05) is 0 Å². The van der Waals surface area contributed by atoms with E-state index in [-0.39, 0.29) is 5.75 Å². The lowest BCUT2D eigenvalue weighted by atomic mass is 9.91. The van der Waals surface area contributed by atoms with Crippen LogP contribution in [-0.2, 0) is 17.6 Å². The van der Waals surface area contributed by atoms with Crippen LogP contribution in [0, 0.1) is 0 Å². The first-order valence-corrected chi connectivity index (χ1v) is 5.38. The molecule has 5 heteroatoms. The van der Waals surface area contributed by atoms with Gasteiger partial charge in [-0.25, -0.2) is 4.79 Å². The highest BCUT2D eigenvalue weighted by molar-refractivity contribution is 5.78. The molecule has 2 nitrogen and oxygen atoms in total. The van der Waals surface area contributed by atoms with Crippen LogP contribution in [0.3, 0.4) is 0 Å². The molecule has 92 valence electrons. The number of halogens is 3. The fourth-order valence-corrected chi connectivity index (χ4v) is 2.00. The van der Waals surface area contributed by atoms with Gasteiger partial charge in [-0.2, -0.15) is 13.2 Å². The summed E-state index contributed by atoms with van der Waals surface area (Å²) in [5.41, 5.74) is 1.71. The van der Waals surface area contributed by atoms with Crippen molar-refractivity contribution in [2.45, 2.75) is 31.9 Å². The summed E-state index contributed by atoms with van der Waals surface area (Å²) in [6, 6.07) is 4.89. The fraction of sp³-hybridized carbons (Fsp3) is 0.417. The van der Waals surface area contributed by atoms with Crippen LogP contribution < -0.4 is 4.74 Å². The smallest absolute Gasteiger partial charge is 0.420 e. The van der Waals surface area contributed by atoms with Gasteiger partial charge >= 0.3 is 12.1 Å². The molecule has 0 radical (unpaired) electrons. The van der Waals surface area contributed by atoms with Crippen molar-refractivity contribution in [1.29, 1.82) is 0 Å². The second-order valence-corrected chi connectivity index (χ2v) is 3.99. The Morgan fingerprint density at radius 3 is 2.59 bits per heavy atom. The van der Waals surface area contributed by atoms with Crippen LogP contribution in [0.25, 0.3) is 0 Å². The largest absolute Gasteiger partial charge is 0.491 e. The minimum atomic E-state index is -4.95.